The monoisotopic (exact) mass is 299 g/mol. The molecule has 2 atom stereocenters. The number of phenolic OH excluding ortho intramolecular Hbond substituents is 1. The van der Waals surface area contributed by atoms with Crippen LogP contribution in [0.25, 0.3) is 0 Å². The fourth-order valence-electron chi connectivity index (χ4n) is 2.02. The number of ether oxygens (including phenoxy) is 1. The number of benzene rings is 1. The van der Waals surface area contributed by atoms with Crippen LogP contribution in [0, 0.1) is 5.41 Å². The largest absolute Gasteiger partial charge is 0.507 e. The second kappa shape index (κ2) is 5.30. The van der Waals surface area contributed by atoms with Crippen molar-refractivity contribution in [2.45, 2.75) is 13.0 Å². The van der Waals surface area contributed by atoms with E-state index in [-0.39, 0.29) is 24.5 Å². The molecule has 108 valence electrons. The minimum Gasteiger partial charge on any atom is -0.507 e. The van der Waals surface area contributed by atoms with Crippen molar-refractivity contribution in [2.24, 2.45) is 5.41 Å². The molecule has 1 amide bonds. The first-order valence-electron chi connectivity index (χ1n) is 5.95. The van der Waals surface area contributed by atoms with E-state index >= 15 is 0 Å². The summed E-state index contributed by atoms with van der Waals surface area (Å²) in [4.78, 5) is 23.3. The Kier molecular flexibility index (Phi) is 3.87. The smallest absolute Gasteiger partial charge is 0.313 e. The van der Waals surface area contributed by atoms with Gasteiger partial charge in [0.1, 0.15) is 11.2 Å². The number of carboxylic acids is 1. The molecule has 2 rings (SSSR count). The molecule has 1 saturated heterocycles. The van der Waals surface area contributed by atoms with E-state index in [1.165, 1.54) is 25.1 Å². The zero-order valence-corrected chi connectivity index (χ0v) is 11.5. The van der Waals surface area contributed by atoms with Crippen molar-refractivity contribution < 1.29 is 24.5 Å². The standard InChI is InChI=1S/C13H14ClNO5/c1-13(12(18)19)6-20-5-10(13)15-11(17)8-3-2-7(14)4-9(8)16/h2-4,10,16H,5-6H2,1H3,(H,15,17)(H,18,19). The molecule has 0 saturated carbocycles. The molecular weight excluding hydrogens is 286 g/mol. The number of aliphatic carboxylic acids is 1. The minimum absolute atomic E-state index is 0.0277. The summed E-state index contributed by atoms with van der Waals surface area (Å²) in [6, 6.07) is 3.43. The third-order valence-electron chi connectivity index (χ3n) is 3.45. The number of carbonyl (C=O) groups excluding carboxylic acids is 1. The molecule has 3 N–H and O–H groups in total. The van der Waals surface area contributed by atoms with Crippen molar-refractivity contribution in [3.63, 3.8) is 0 Å². The van der Waals surface area contributed by atoms with E-state index in [0.717, 1.165) is 0 Å². The number of hydrogen-bond donors (Lipinski definition) is 3. The number of aromatic hydroxyl groups is 1. The second-order valence-electron chi connectivity index (χ2n) is 4.93. The molecule has 0 aliphatic carbocycles. The first-order chi connectivity index (χ1) is 9.34. The van der Waals surface area contributed by atoms with Gasteiger partial charge in [-0.25, -0.2) is 0 Å². The average Bonchev–Trinajstić information content (AvgIpc) is 2.72. The van der Waals surface area contributed by atoms with Gasteiger partial charge in [0.15, 0.2) is 0 Å². The Morgan fingerprint density at radius 2 is 2.20 bits per heavy atom. The molecule has 20 heavy (non-hydrogen) atoms. The summed E-state index contributed by atoms with van der Waals surface area (Å²) in [6.07, 6.45) is 0. The van der Waals surface area contributed by atoms with E-state index in [1.54, 1.807) is 0 Å². The quantitative estimate of drug-likeness (QED) is 0.781. The van der Waals surface area contributed by atoms with Crippen molar-refractivity contribution in [3.8, 4) is 5.75 Å². The fraction of sp³-hybridized carbons (Fsp3) is 0.385. The summed E-state index contributed by atoms with van der Waals surface area (Å²) in [5.74, 6) is -1.87. The van der Waals surface area contributed by atoms with Crippen LogP contribution in [0.1, 0.15) is 17.3 Å². The molecular formula is C13H14ClNO5. The number of amides is 1. The summed E-state index contributed by atoms with van der Waals surface area (Å²) < 4.78 is 5.14. The molecule has 7 heteroatoms. The first kappa shape index (κ1) is 14.6. The second-order valence-corrected chi connectivity index (χ2v) is 5.36. The number of carbonyl (C=O) groups is 2. The molecule has 1 aliphatic rings. The minimum atomic E-state index is -1.18. The zero-order chi connectivity index (χ0) is 14.9. The highest BCUT2D eigenvalue weighted by Gasteiger charge is 2.47. The Balaban J connectivity index is 2.17. The van der Waals surface area contributed by atoms with Crippen LogP contribution in [0.3, 0.4) is 0 Å². The maximum absolute atomic E-state index is 12.1. The molecule has 1 aromatic rings. The van der Waals surface area contributed by atoms with E-state index in [1.807, 2.05) is 0 Å². The molecule has 1 fully saturated rings. The van der Waals surface area contributed by atoms with Crippen LogP contribution < -0.4 is 5.32 Å². The van der Waals surface area contributed by atoms with Gasteiger partial charge in [-0.3, -0.25) is 9.59 Å². The van der Waals surface area contributed by atoms with Gasteiger partial charge in [0.25, 0.3) is 5.91 Å². The van der Waals surface area contributed by atoms with Gasteiger partial charge in [0.2, 0.25) is 0 Å². The summed E-state index contributed by atoms with van der Waals surface area (Å²) in [7, 11) is 0. The molecule has 2 unspecified atom stereocenters. The maximum atomic E-state index is 12.1. The maximum Gasteiger partial charge on any atom is 0.313 e. The summed E-state index contributed by atoms with van der Waals surface area (Å²) >= 11 is 5.69. The van der Waals surface area contributed by atoms with Gasteiger partial charge in [-0.05, 0) is 25.1 Å². The zero-order valence-electron chi connectivity index (χ0n) is 10.7. The van der Waals surface area contributed by atoms with Crippen LogP contribution in [-0.4, -0.2) is 41.3 Å². The Morgan fingerprint density at radius 1 is 1.50 bits per heavy atom. The molecule has 1 aromatic carbocycles. The van der Waals surface area contributed by atoms with E-state index in [9.17, 15) is 19.8 Å². The first-order valence-corrected chi connectivity index (χ1v) is 6.33. The van der Waals surface area contributed by atoms with E-state index in [2.05, 4.69) is 5.32 Å². The molecule has 1 aliphatic heterocycles. The van der Waals surface area contributed by atoms with Crippen LogP contribution in [-0.2, 0) is 9.53 Å². The lowest BCUT2D eigenvalue weighted by Gasteiger charge is -2.25. The van der Waals surface area contributed by atoms with Gasteiger partial charge >= 0.3 is 5.97 Å². The number of carboxylic acid groups (broad SMARTS) is 1. The van der Waals surface area contributed by atoms with Gasteiger partial charge in [-0.15, -0.1) is 0 Å². The summed E-state index contributed by atoms with van der Waals surface area (Å²) in [6.45, 7) is 1.65. The number of phenols is 1. The van der Waals surface area contributed by atoms with Crippen LogP contribution in [0.4, 0.5) is 0 Å². The molecule has 0 aromatic heterocycles. The Bertz CT molecular complexity index is 562. The lowest BCUT2D eigenvalue weighted by molar-refractivity contribution is -0.148. The predicted molar refractivity (Wildman–Crippen MR) is 70.9 cm³/mol. The number of nitrogens with one attached hydrogen (secondary N) is 1. The van der Waals surface area contributed by atoms with E-state index in [4.69, 9.17) is 16.3 Å². The van der Waals surface area contributed by atoms with E-state index < -0.39 is 23.3 Å². The lowest BCUT2D eigenvalue weighted by Crippen LogP contribution is -2.49. The highest BCUT2D eigenvalue weighted by Crippen LogP contribution is 2.29. The van der Waals surface area contributed by atoms with E-state index in [0.29, 0.717) is 5.02 Å². The third-order valence-corrected chi connectivity index (χ3v) is 3.69. The van der Waals surface area contributed by atoms with Gasteiger partial charge in [0.05, 0.1) is 24.8 Å². The third kappa shape index (κ3) is 2.57. The van der Waals surface area contributed by atoms with Crippen LogP contribution in [0.5, 0.6) is 5.75 Å². The average molecular weight is 300 g/mol. The molecule has 0 bridgehead atoms. The van der Waals surface area contributed by atoms with Crippen LogP contribution >= 0.6 is 11.6 Å². The Labute approximate surface area is 120 Å². The van der Waals surface area contributed by atoms with Gasteiger partial charge in [0, 0.05) is 5.02 Å². The molecule has 1 heterocycles. The topological polar surface area (TPSA) is 95.9 Å². The highest BCUT2D eigenvalue weighted by molar-refractivity contribution is 6.30. The van der Waals surface area contributed by atoms with Crippen molar-refractivity contribution in [3.05, 3.63) is 28.8 Å². The van der Waals surface area contributed by atoms with Gasteiger partial charge in [-0.1, -0.05) is 11.6 Å². The van der Waals surface area contributed by atoms with Crippen molar-refractivity contribution in [1.82, 2.24) is 5.32 Å². The Morgan fingerprint density at radius 3 is 2.80 bits per heavy atom. The van der Waals surface area contributed by atoms with Crippen molar-refractivity contribution in [2.75, 3.05) is 13.2 Å². The number of rotatable bonds is 3. The molecule has 6 nitrogen and oxygen atoms in total. The number of hydrogen-bond acceptors (Lipinski definition) is 4. The van der Waals surface area contributed by atoms with Gasteiger partial charge < -0.3 is 20.3 Å². The highest BCUT2D eigenvalue weighted by atomic mass is 35.5. The number of halogens is 1. The van der Waals surface area contributed by atoms with Crippen molar-refractivity contribution in [1.29, 1.82) is 0 Å². The SMILES string of the molecule is CC1(C(=O)O)COCC1NC(=O)c1ccc(Cl)cc1O. The van der Waals surface area contributed by atoms with Crippen LogP contribution in [0.2, 0.25) is 5.02 Å². The lowest BCUT2D eigenvalue weighted by atomic mass is 9.85. The Hall–Kier alpha value is -1.79. The molecule has 0 radical (unpaired) electrons. The normalized spacial score (nSPS) is 25.4. The summed E-state index contributed by atoms with van der Waals surface area (Å²) in [5, 5.41) is 21.8. The molecule has 0 spiro atoms. The van der Waals surface area contributed by atoms with Crippen LogP contribution in [0.15, 0.2) is 18.2 Å². The fourth-order valence-corrected chi connectivity index (χ4v) is 2.18. The summed E-state index contributed by atoms with van der Waals surface area (Å²) in [5.41, 5.74) is -1.15. The van der Waals surface area contributed by atoms with Gasteiger partial charge in [-0.2, -0.15) is 0 Å². The van der Waals surface area contributed by atoms with Crippen molar-refractivity contribution >= 4 is 23.5 Å². The predicted octanol–water partition coefficient (Wildman–Crippen LogP) is 1.27.